The highest BCUT2D eigenvalue weighted by Crippen LogP contribution is 2.34. The maximum absolute atomic E-state index is 12.5. The summed E-state index contributed by atoms with van der Waals surface area (Å²) < 4.78 is 0. The highest BCUT2D eigenvalue weighted by molar-refractivity contribution is 8.00. The molecule has 2 aromatic carbocycles. The minimum atomic E-state index is -0.0730. The van der Waals surface area contributed by atoms with Crippen LogP contribution < -0.4 is 5.32 Å². The summed E-state index contributed by atoms with van der Waals surface area (Å²) in [6.07, 6.45) is 1.54. The molecule has 0 bridgehead atoms. The van der Waals surface area contributed by atoms with Crippen molar-refractivity contribution in [1.82, 2.24) is 9.97 Å². The van der Waals surface area contributed by atoms with Crippen molar-refractivity contribution in [2.45, 2.75) is 14.8 Å². The van der Waals surface area contributed by atoms with Crippen LogP contribution in [-0.2, 0) is 4.79 Å². The normalized spacial score (nSPS) is 10.9. The lowest BCUT2D eigenvalue weighted by Gasteiger charge is -2.11. The fraction of sp³-hybridized carbons (Fsp3) is 0.0500. The molecule has 0 aliphatic rings. The van der Waals surface area contributed by atoms with E-state index in [4.69, 9.17) is 11.6 Å². The van der Waals surface area contributed by atoms with E-state index in [0.29, 0.717) is 5.02 Å². The van der Waals surface area contributed by atoms with Crippen LogP contribution in [0.2, 0.25) is 5.02 Å². The molecule has 0 fully saturated rings. The molecule has 28 heavy (non-hydrogen) atoms. The van der Waals surface area contributed by atoms with Crippen molar-refractivity contribution in [3.8, 4) is 0 Å². The van der Waals surface area contributed by atoms with E-state index in [-0.39, 0.29) is 11.7 Å². The number of fused-ring (bicyclic) bond motifs is 1. The first kappa shape index (κ1) is 19.3. The van der Waals surface area contributed by atoms with Gasteiger partial charge in [-0.25, -0.2) is 9.97 Å². The second-order valence-corrected chi connectivity index (χ2v) is 9.12. The third kappa shape index (κ3) is 4.67. The molecule has 0 saturated heterocycles. The van der Waals surface area contributed by atoms with E-state index >= 15 is 0 Å². The molecule has 2 heterocycles. The molecule has 1 amide bonds. The average molecular weight is 444 g/mol. The van der Waals surface area contributed by atoms with Gasteiger partial charge in [-0.15, -0.1) is 11.3 Å². The number of amides is 1. The van der Waals surface area contributed by atoms with Crippen LogP contribution in [0.4, 0.5) is 5.69 Å². The third-order valence-electron chi connectivity index (χ3n) is 3.77. The molecule has 0 aliphatic carbocycles. The van der Waals surface area contributed by atoms with Crippen LogP contribution in [0.1, 0.15) is 0 Å². The smallest absolute Gasteiger partial charge is 0.234 e. The molecule has 4 rings (SSSR count). The number of carbonyl (C=O) groups excluding carboxylic acids is 1. The molecule has 0 unspecified atom stereocenters. The maximum atomic E-state index is 12.5. The van der Waals surface area contributed by atoms with E-state index in [1.807, 2.05) is 60.0 Å². The van der Waals surface area contributed by atoms with E-state index in [9.17, 15) is 4.79 Å². The number of hydrogen-bond donors (Lipinski definition) is 1. The number of rotatable bonds is 6. The first-order valence-electron chi connectivity index (χ1n) is 8.32. The first-order chi connectivity index (χ1) is 13.7. The number of benzene rings is 2. The van der Waals surface area contributed by atoms with Gasteiger partial charge < -0.3 is 5.32 Å². The van der Waals surface area contributed by atoms with E-state index in [1.165, 1.54) is 18.1 Å². The van der Waals surface area contributed by atoms with Gasteiger partial charge in [0.15, 0.2) is 0 Å². The van der Waals surface area contributed by atoms with Gasteiger partial charge in [-0.3, -0.25) is 4.79 Å². The molecule has 0 atom stereocenters. The lowest BCUT2D eigenvalue weighted by Crippen LogP contribution is -2.14. The van der Waals surface area contributed by atoms with Crippen molar-refractivity contribution in [3.05, 3.63) is 71.3 Å². The number of carbonyl (C=O) groups is 1. The molecule has 0 spiro atoms. The number of para-hydroxylation sites is 1. The Morgan fingerprint density at radius 3 is 2.75 bits per heavy atom. The Labute approximate surface area is 179 Å². The van der Waals surface area contributed by atoms with Crippen LogP contribution in [0.25, 0.3) is 10.2 Å². The zero-order valence-corrected chi connectivity index (χ0v) is 17.7. The summed E-state index contributed by atoms with van der Waals surface area (Å²) in [5, 5.41) is 7.50. The van der Waals surface area contributed by atoms with Crippen LogP contribution in [0.3, 0.4) is 0 Å². The van der Waals surface area contributed by atoms with Crippen molar-refractivity contribution in [1.29, 1.82) is 0 Å². The van der Waals surface area contributed by atoms with E-state index < -0.39 is 0 Å². The summed E-state index contributed by atoms with van der Waals surface area (Å²) in [4.78, 5) is 24.0. The Kier molecular flexibility index (Phi) is 6.17. The minimum absolute atomic E-state index is 0.0730. The number of thioether (sulfide) groups is 1. The average Bonchev–Trinajstić information content (AvgIpc) is 3.19. The Balaban J connectivity index is 1.43. The number of anilines is 1. The summed E-state index contributed by atoms with van der Waals surface area (Å²) in [6, 6.07) is 17.4. The van der Waals surface area contributed by atoms with Gasteiger partial charge in [0.05, 0.1) is 11.4 Å². The lowest BCUT2D eigenvalue weighted by molar-refractivity contribution is -0.113. The monoisotopic (exact) mass is 443 g/mol. The number of hydrogen-bond acceptors (Lipinski definition) is 6. The molecular formula is C20H14ClN3OS3. The second kappa shape index (κ2) is 8.96. The van der Waals surface area contributed by atoms with Crippen LogP contribution in [0.15, 0.2) is 81.1 Å². The topological polar surface area (TPSA) is 54.9 Å². The maximum Gasteiger partial charge on any atom is 0.234 e. The quantitative estimate of drug-likeness (QED) is 0.283. The zero-order chi connectivity index (χ0) is 19.3. The standard InChI is InChI=1S/C20H14ClN3OS3/c21-13-5-7-14(8-6-13)28-17-4-2-1-3-16(17)24-18(25)11-27-20-15-9-10-26-19(15)22-12-23-20/h1-10,12H,11H2,(H,24,25). The van der Waals surface area contributed by atoms with Gasteiger partial charge in [0.2, 0.25) is 5.91 Å². The largest absolute Gasteiger partial charge is 0.324 e. The van der Waals surface area contributed by atoms with Gasteiger partial charge in [0, 0.05) is 20.2 Å². The third-order valence-corrected chi connectivity index (χ3v) is 6.93. The predicted octanol–water partition coefficient (Wildman–Crippen LogP) is 6.23. The van der Waals surface area contributed by atoms with Gasteiger partial charge in [-0.05, 0) is 47.8 Å². The molecule has 4 nitrogen and oxygen atoms in total. The number of aromatic nitrogens is 2. The van der Waals surface area contributed by atoms with E-state index in [1.54, 1.807) is 23.1 Å². The Morgan fingerprint density at radius 2 is 1.89 bits per heavy atom. The van der Waals surface area contributed by atoms with Gasteiger partial charge in [-0.2, -0.15) is 0 Å². The Morgan fingerprint density at radius 1 is 1.07 bits per heavy atom. The van der Waals surface area contributed by atoms with Crippen molar-refractivity contribution < 1.29 is 4.79 Å². The zero-order valence-electron chi connectivity index (χ0n) is 14.5. The SMILES string of the molecule is O=C(CSc1ncnc2sccc12)Nc1ccccc1Sc1ccc(Cl)cc1. The number of halogens is 1. The van der Waals surface area contributed by atoms with Crippen LogP contribution >= 0.6 is 46.5 Å². The summed E-state index contributed by atoms with van der Waals surface area (Å²) in [6.45, 7) is 0. The molecule has 1 N–H and O–H groups in total. The van der Waals surface area contributed by atoms with E-state index in [0.717, 1.165) is 30.7 Å². The highest BCUT2D eigenvalue weighted by Gasteiger charge is 2.11. The fourth-order valence-corrected chi connectivity index (χ4v) is 5.10. The summed E-state index contributed by atoms with van der Waals surface area (Å²) >= 11 is 10.5. The number of thiophene rings is 1. The summed E-state index contributed by atoms with van der Waals surface area (Å²) in [7, 11) is 0. The number of nitrogens with zero attached hydrogens (tertiary/aromatic N) is 2. The molecule has 140 valence electrons. The molecule has 8 heteroatoms. The molecule has 2 aromatic heterocycles. The molecule has 0 aliphatic heterocycles. The van der Waals surface area contributed by atoms with Crippen molar-refractivity contribution >= 4 is 68.3 Å². The molecule has 4 aromatic rings. The number of nitrogens with one attached hydrogen (secondary N) is 1. The van der Waals surface area contributed by atoms with Crippen molar-refractivity contribution in [3.63, 3.8) is 0 Å². The predicted molar refractivity (Wildman–Crippen MR) is 119 cm³/mol. The highest BCUT2D eigenvalue weighted by atomic mass is 35.5. The van der Waals surface area contributed by atoms with Gasteiger partial charge in [0.25, 0.3) is 0 Å². The van der Waals surface area contributed by atoms with Crippen molar-refractivity contribution in [2.75, 3.05) is 11.1 Å². The Hall–Kier alpha value is -2.06. The van der Waals surface area contributed by atoms with Gasteiger partial charge in [-0.1, -0.05) is 47.3 Å². The summed E-state index contributed by atoms with van der Waals surface area (Å²) in [5.41, 5.74) is 0.788. The first-order valence-corrected chi connectivity index (χ1v) is 11.4. The lowest BCUT2D eigenvalue weighted by atomic mass is 10.3. The minimum Gasteiger partial charge on any atom is -0.324 e. The van der Waals surface area contributed by atoms with Crippen LogP contribution in [0.5, 0.6) is 0 Å². The summed E-state index contributed by atoms with van der Waals surface area (Å²) in [5.74, 6) is 0.207. The van der Waals surface area contributed by atoms with Gasteiger partial charge in [0.1, 0.15) is 16.2 Å². The Bertz CT molecular complexity index is 1120. The second-order valence-electron chi connectivity index (χ2n) is 5.71. The van der Waals surface area contributed by atoms with Crippen molar-refractivity contribution in [2.24, 2.45) is 0 Å². The molecular weight excluding hydrogens is 430 g/mol. The van der Waals surface area contributed by atoms with Gasteiger partial charge >= 0.3 is 0 Å². The molecule has 0 saturated carbocycles. The van der Waals surface area contributed by atoms with Crippen LogP contribution in [0, 0.1) is 0 Å². The van der Waals surface area contributed by atoms with E-state index in [2.05, 4.69) is 15.3 Å². The van der Waals surface area contributed by atoms with Crippen LogP contribution in [-0.4, -0.2) is 21.6 Å². The fourth-order valence-electron chi connectivity index (χ4n) is 2.49. The molecule has 0 radical (unpaired) electrons.